The van der Waals surface area contributed by atoms with Crippen molar-refractivity contribution in [2.24, 2.45) is 5.92 Å². The van der Waals surface area contributed by atoms with Crippen LogP contribution in [0.15, 0.2) is 0 Å². The first kappa shape index (κ1) is 17.6. The molecule has 110 valence electrons. The first-order valence-electron chi connectivity index (χ1n) is 5.35. The molecule has 0 heterocycles. The maximum absolute atomic E-state index is 11.8. The molecule has 2 atom stereocenters. The van der Waals surface area contributed by atoms with Gasteiger partial charge in [0.2, 0.25) is 6.41 Å². The van der Waals surface area contributed by atoms with Crippen LogP contribution in [-0.2, 0) is 28.4 Å². The minimum atomic E-state index is -4.02. The van der Waals surface area contributed by atoms with Gasteiger partial charge in [-0.1, -0.05) is 0 Å². The van der Waals surface area contributed by atoms with Gasteiger partial charge >= 0.3 is 11.9 Å². The monoisotopic (exact) mass is 294 g/mol. The number of hydrogen-bond acceptors (Lipinski definition) is 7. The van der Waals surface area contributed by atoms with E-state index in [1.54, 1.807) is 0 Å². The van der Waals surface area contributed by atoms with E-state index in [0.717, 1.165) is 19.1 Å². The molecular weight excluding hydrogens is 277 g/mol. The molecule has 0 saturated heterocycles. The van der Waals surface area contributed by atoms with Crippen LogP contribution in [0.5, 0.6) is 0 Å². The van der Waals surface area contributed by atoms with Crippen LogP contribution in [0.3, 0.4) is 0 Å². The Morgan fingerprint density at radius 1 is 1.37 bits per heavy atom. The number of hydrogen-bond donors (Lipinski definition) is 0. The molecule has 0 aliphatic carbocycles. The first-order valence-corrected chi connectivity index (χ1v) is 7.34. The van der Waals surface area contributed by atoms with E-state index in [4.69, 9.17) is 0 Å². The smallest absolute Gasteiger partial charge is 0.309 e. The fraction of sp³-hybridized carbons (Fsp3) is 0.700. The predicted octanol–water partition coefficient (Wildman–Crippen LogP) is -0.977. The van der Waals surface area contributed by atoms with Crippen molar-refractivity contribution < 1.29 is 33.3 Å². The highest BCUT2D eigenvalue weighted by molar-refractivity contribution is 7.56. The number of methoxy groups -OCH3 is 2. The number of carbonyl (C=O) groups excluding carboxylic acids is 3. The standard InChI is InChI=1S/C10H18NO7P/c1-11(6-12)7-19(15,16)5-8(10(14)18-3)4-9(13)17-2/h6,8H,4-5,7H2,1-3H3,(H,15,16)/p-1. The summed E-state index contributed by atoms with van der Waals surface area (Å²) in [5.41, 5.74) is 0. The van der Waals surface area contributed by atoms with E-state index < -0.39 is 37.7 Å². The molecular formula is C10H17NO7P-. The summed E-state index contributed by atoms with van der Waals surface area (Å²) in [6.45, 7) is 0. The first-order chi connectivity index (χ1) is 8.75. The van der Waals surface area contributed by atoms with E-state index in [1.165, 1.54) is 7.05 Å². The van der Waals surface area contributed by atoms with Crippen LogP contribution in [-0.4, -0.2) is 57.0 Å². The third kappa shape index (κ3) is 6.93. The van der Waals surface area contributed by atoms with Crippen molar-refractivity contribution >= 4 is 25.7 Å². The Hall–Kier alpha value is -1.40. The zero-order valence-corrected chi connectivity index (χ0v) is 11.9. The van der Waals surface area contributed by atoms with Gasteiger partial charge < -0.3 is 23.8 Å². The normalized spacial score (nSPS) is 14.9. The maximum atomic E-state index is 11.8. The van der Waals surface area contributed by atoms with Crippen molar-refractivity contribution in [1.29, 1.82) is 0 Å². The summed E-state index contributed by atoms with van der Waals surface area (Å²) in [4.78, 5) is 45.6. The van der Waals surface area contributed by atoms with Crippen molar-refractivity contribution in [1.82, 2.24) is 4.90 Å². The van der Waals surface area contributed by atoms with Gasteiger partial charge in [0.25, 0.3) is 0 Å². The highest BCUT2D eigenvalue weighted by Gasteiger charge is 2.28. The van der Waals surface area contributed by atoms with Gasteiger partial charge in [-0.15, -0.1) is 0 Å². The molecule has 0 radical (unpaired) electrons. The quantitative estimate of drug-likeness (QED) is 0.321. The lowest BCUT2D eigenvalue weighted by molar-refractivity contribution is -0.179. The number of amides is 1. The minimum Gasteiger partial charge on any atom is -0.798 e. The molecule has 0 N–H and O–H groups in total. The van der Waals surface area contributed by atoms with E-state index >= 15 is 0 Å². The van der Waals surface area contributed by atoms with Gasteiger partial charge in [0, 0.05) is 20.6 Å². The third-order valence-electron chi connectivity index (χ3n) is 2.29. The molecule has 8 nitrogen and oxygen atoms in total. The summed E-state index contributed by atoms with van der Waals surface area (Å²) in [5.74, 6) is -2.66. The van der Waals surface area contributed by atoms with Gasteiger partial charge in [-0.05, 0) is 0 Å². The molecule has 1 amide bonds. The van der Waals surface area contributed by atoms with Crippen molar-refractivity contribution in [3.8, 4) is 0 Å². The number of rotatable bonds is 8. The van der Waals surface area contributed by atoms with E-state index in [-0.39, 0.29) is 6.42 Å². The second kappa shape index (κ2) is 7.91. The summed E-state index contributed by atoms with van der Waals surface area (Å²) in [7, 11) is -0.493. The summed E-state index contributed by atoms with van der Waals surface area (Å²) in [6.07, 6.45) is -1.10. The van der Waals surface area contributed by atoms with Crippen molar-refractivity contribution in [3.63, 3.8) is 0 Å². The molecule has 2 unspecified atom stereocenters. The number of carbonyl (C=O) groups is 3. The van der Waals surface area contributed by atoms with Crippen LogP contribution in [0, 0.1) is 5.92 Å². The lowest BCUT2D eigenvalue weighted by Crippen LogP contribution is -2.30. The van der Waals surface area contributed by atoms with Crippen LogP contribution in [0.4, 0.5) is 0 Å². The average Bonchev–Trinajstić information content (AvgIpc) is 2.35. The summed E-state index contributed by atoms with van der Waals surface area (Å²) >= 11 is 0. The van der Waals surface area contributed by atoms with Crippen molar-refractivity contribution in [2.45, 2.75) is 6.42 Å². The van der Waals surface area contributed by atoms with Crippen LogP contribution < -0.4 is 4.89 Å². The molecule has 0 aliphatic rings. The van der Waals surface area contributed by atoms with Crippen LogP contribution in [0.2, 0.25) is 0 Å². The van der Waals surface area contributed by atoms with Gasteiger partial charge in [0.05, 0.1) is 32.8 Å². The Balaban J connectivity index is 4.79. The second-order valence-electron chi connectivity index (χ2n) is 4.00. The summed E-state index contributed by atoms with van der Waals surface area (Å²) < 4.78 is 20.6. The molecule has 0 rings (SSSR count). The Labute approximate surface area is 111 Å². The van der Waals surface area contributed by atoms with Crippen LogP contribution >= 0.6 is 7.37 Å². The molecule has 0 bridgehead atoms. The Kier molecular flexibility index (Phi) is 7.33. The molecule has 0 aliphatic heterocycles. The van der Waals surface area contributed by atoms with Crippen LogP contribution in [0.25, 0.3) is 0 Å². The maximum Gasteiger partial charge on any atom is 0.309 e. The largest absolute Gasteiger partial charge is 0.798 e. The van der Waals surface area contributed by atoms with E-state index in [0.29, 0.717) is 6.41 Å². The molecule has 9 heteroatoms. The minimum absolute atomic E-state index is 0.359. The van der Waals surface area contributed by atoms with E-state index in [1.807, 2.05) is 0 Å². The zero-order valence-electron chi connectivity index (χ0n) is 11.0. The summed E-state index contributed by atoms with van der Waals surface area (Å²) in [6, 6.07) is 0. The Morgan fingerprint density at radius 3 is 2.37 bits per heavy atom. The van der Waals surface area contributed by atoms with E-state index in [9.17, 15) is 23.8 Å². The van der Waals surface area contributed by atoms with Crippen molar-refractivity contribution in [2.75, 3.05) is 33.7 Å². The van der Waals surface area contributed by atoms with E-state index in [2.05, 4.69) is 9.47 Å². The van der Waals surface area contributed by atoms with Gasteiger partial charge in [0.1, 0.15) is 0 Å². The molecule has 0 aromatic carbocycles. The van der Waals surface area contributed by atoms with Crippen molar-refractivity contribution in [3.05, 3.63) is 0 Å². The zero-order chi connectivity index (χ0) is 15.1. The molecule has 19 heavy (non-hydrogen) atoms. The van der Waals surface area contributed by atoms with Crippen LogP contribution in [0.1, 0.15) is 6.42 Å². The average molecular weight is 294 g/mol. The fourth-order valence-electron chi connectivity index (χ4n) is 1.44. The highest BCUT2D eigenvalue weighted by atomic mass is 31.2. The number of nitrogens with zero attached hydrogens (tertiary/aromatic N) is 1. The molecule has 0 aromatic rings. The highest BCUT2D eigenvalue weighted by Crippen LogP contribution is 2.39. The Morgan fingerprint density at radius 2 is 1.95 bits per heavy atom. The topological polar surface area (TPSA) is 113 Å². The van der Waals surface area contributed by atoms with Gasteiger partial charge in [-0.25, -0.2) is 0 Å². The lowest BCUT2D eigenvalue weighted by atomic mass is 10.1. The Bertz CT molecular complexity index is 384. The number of esters is 2. The summed E-state index contributed by atoms with van der Waals surface area (Å²) in [5, 5.41) is 0. The second-order valence-corrected chi connectivity index (χ2v) is 6.28. The molecule has 0 fully saturated rings. The fourth-order valence-corrected chi connectivity index (χ4v) is 3.25. The predicted molar refractivity (Wildman–Crippen MR) is 63.3 cm³/mol. The molecule has 0 aromatic heterocycles. The SMILES string of the molecule is COC(=O)CC(CP(=O)([O-])CN(C)C=O)C(=O)OC. The molecule has 0 spiro atoms. The molecule has 0 saturated carbocycles. The lowest BCUT2D eigenvalue weighted by Gasteiger charge is -2.29. The third-order valence-corrected chi connectivity index (χ3v) is 4.17. The number of ether oxygens (including phenoxy) is 2. The van der Waals surface area contributed by atoms with Gasteiger partial charge in [-0.2, -0.15) is 0 Å². The van der Waals surface area contributed by atoms with Gasteiger partial charge in [0.15, 0.2) is 0 Å². The van der Waals surface area contributed by atoms with Gasteiger partial charge in [-0.3, -0.25) is 14.4 Å².